The lowest BCUT2D eigenvalue weighted by Crippen LogP contribution is -2.50. The van der Waals surface area contributed by atoms with Gasteiger partial charge in [-0.15, -0.1) is 0 Å². The fraction of sp³-hybridized carbons (Fsp3) is 0.696. The predicted octanol–water partition coefficient (Wildman–Crippen LogP) is 2.63. The molecule has 0 radical (unpaired) electrons. The summed E-state index contributed by atoms with van der Waals surface area (Å²) in [7, 11) is 0.239. The van der Waals surface area contributed by atoms with E-state index in [0.717, 1.165) is 55.6 Å². The van der Waals surface area contributed by atoms with Crippen molar-refractivity contribution in [1.29, 1.82) is 0 Å². The van der Waals surface area contributed by atoms with Crippen LogP contribution in [0, 0.1) is 0 Å². The van der Waals surface area contributed by atoms with Crippen LogP contribution in [0.25, 0.3) is 0 Å². The number of hydrogen-bond donors (Lipinski definition) is 0. The predicted molar refractivity (Wildman–Crippen MR) is 119 cm³/mol. The van der Waals surface area contributed by atoms with Gasteiger partial charge in [-0.05, 0) is 38.2 Å². The Bertz CT molecular complexity index is 893. The SMILES string of the molecule is COc1ccc(CN(CC(=O)N(C2CCCC2)C2CCS(=O)(=O)C2)C2CC2)c(OC)c1. The highest BCUT2D eigenvalue weighted by atomic mass is 32.2. The van der Waals surface area contributed by atoms with Gasteiger partial charge in [-0.2, -0.15) is 0 Å². The number of carbonyl (C=O) groups excluding carboxylic acids is 1. The second-order valence-electron chi connectivity index (χ2n) is 9.11. The first kappa shape index (κ1) is 22.4. The summed E-state index contributed by atoms with van der Waals surface area (Å²) >= 11 is 0. The first-order chi connectivity index (χ1) is 14.9. The molecule has 3 aliphatic rings. The Labute approximate surface area is 185 Å². The van der Waals surface area contributed by atoms with E-state index in [0.29, 0.717) is 25.6 Å². The number of methoxy groups -OCH3 is 2. The number of amides is 1. The van der Waals surface area contributed by atoms with Crippen LogP contribution in [0.15, 0.2) is 18.2 Å². The molecule has 1 heterocycles. The molecule has 31 heavy (non-hydrogen) atoms. The Kier molecular flexibility index (Phi) is 6.77. The summed E-state index contributed by atoms with van der Waals surface area (Å²) in [6.45, 7) is 0.956. The molecule has 1 amide bonds. The highest BCUT2D eigenvalue weighted by Crippen LogP contribution is 2.33. The van der Waals surface area contributed by atoms with Gasteiger partial charge in [0.2, 0.25) is 5.91 Å². The van der Waals surface area contributed by atoms with Gasteiger partial charge < -0.3 is 14.4 Å². The van der Waals surface area contributed by atoms with Gasteiger partial charge >= 0.3 is 0 Å². The molecular formula is C23H34N2O5S. The summed E-state index contributed by atoms with van der Waals surface area (Å²) in [5.74, 6) is 1.89. The lowest BCUT2D eigenvalue weighted by molar-refractivity contribution is -0.137. The molecule has 1 aromatic rings. The summed E-state index contributed by atoms with van der Waals surface area (Å²) in [6.07, 6.45) is 6.95. The van der Waals surface area contributed by atoms with E-state index in [-0.39, 0.29) is 29.5 Å². The van der Waals surface area contributed by atoms with Crippen molar-refractivity contribution in [1.82, 2.24) is 9.80 Å². The number of rotatable bonds is 9. The normalized spacial score (nSPS) is 23.3. The third-order valence-electron chi connectivity index (χ3n) is 6.88. The fourth-order valence-corrected chi connectivity index (χ4v) is 6.80. The molecule has 1 atom stereocenters. The minimum Gasteiger partial charge on any atom is -0.497 e. The summed E-state index contributed by atoms with van der Waals surface area (Å²) in [6, 6.07) is 6.19. The second kappa shape index (κ2) is 9.36. The standard InChI is InChI=1S/C23H34N2O5S/c1-29-21-10-7-17(22(13-21)30-2)14-24(18-8-9-18)15-23(26)25(19-5-3-4-6-19)20-11-12-31(27,28)16-20/h7,10,13,18-20H,3-6,8-9,11-12,14-16H2,1-2H3. The zero-order valence-electron chi connectivity index (χ0n) is 18.6. The molecule has 172 valence electrons. The van der Waals surface area contributed by atoms with E-state index < -0.39 is 9.84 Å². The highest BCUT2D eigenvalue weighted by molar-refractivity contribution is 7.91. The molecule has 0 bridgehead atoms. The van der Waals surface area contributed by atoms with E-state index in [1.165, 1.54) is 0 Å². The molecule has 1 unspecified atom stereocenters. The Balaban J connectivity index is 1.50. The van der Waals surface area contributed by atoms with Gasteiger partial charge in [-0.3, -0.25) is 9.69 Å². The maximum absolute atomic E-state index is 13.6. The Hall–Kier alpha value is -1.80. The van der Waals surface area contributed by atoms with Gasteiger partial charge in [0.25, 0.3) is 0 Å². The van der Waals surface area contributed by atoms with Crippen LogP contribution in [0.2, 0.25) is 0 Å². The summed E-state index contributed by atoms with van der Waals surface area (Å²) in [5, 5.41) is 0. The minimum absolute atomic E-state index is 0.0772. The number of benzene rings is 1. The molecule has 1 saturated heterocycles. The van der Waals surface area contributed by atoms with E-state index in [2.05, 4.69) is 4.90 Å². The monoisotopic (exact) mass is 450 g/mol. The molecule has 2 saturated carbocycles. The van der Waals surface area contributed by atoms with Gasteiger partial charge in [-0.1, -0.05) is 18.9 Å². The van der Waals surface area contributed by atoms with Crippen LogP contribution in [0.5, 0.6) is 11.5 Å². The molecule has 7 nitrogen and oxygen atoms in total. The average molecular weight is 451 g/mol. The molecule has 0 spiro atoms. The molecule has 0 aromatic heterocycles. The Morgan fingerprint density at radius 2 is 1.74 bits per heavy atom. The third kappa shape index (κ3) is 5.34. The van der Waals surface area contributed by atoms with Gasteiger partial charge in [0.15, 0.2) is 9.84 Å². The zero-order valence-corrected chi connectivity index (χ0v) is 19.4. The quantitative estimate of drug-likeness (QED) is 0.576. The minimum atomic E-state index is -3.04. The summed E-state index contributed by atoms with van der Waals surface area (Å²) in [4.78, 5) is 17.7. The van der Waals surface area contributed by atoms with Gasteiger partial charge in [0.05, 0.1) is 32.3 Å². The second-order valence-corrected chi connectivity index (χ2v) is 11.3. The van der Waals surface area contributed by atoms with Crippen LogP contribution in [0.4, 0.5) is 0 Å². The van der Waals surface area contributed by atoms with Gasteiger partial charge in [-0.25, -0.2) is 8.42 Å². The van der Waals surface area contributed by atoms with Crippen molar-refractivity contribution in [3.05, 3.63) is 23.8 Å². The maximum Gasteiger partial charge on any atom is 0.237 e. The molecular weight excluding hydrogens is 416 g/mol. The molecule has 1 aliphatic heterocycles. The number of nitrogens with zero attached hydrogens (tertiary/aromatic N) is 2. The Morgan fingerprint density at radius 1 is 1.00 bits per heavy atom. The largest absolute Gasteiger partial charge is 0.497 e. The van der Waals surface area contributed by atoms with Crippen LogP contribution in [0.1, 0.15) is 50.5 Å². The van der Waals surface area contributed by atoms with Crippen molar-refractivity contribution in [3.63, 3.8) is 0 Å². The van der Waals surface area contributed by atoms with Crippen LogP contribution in [-0.4, -0.2) is 74.5 Å². The average Bonchev–Trinajstić information content (AvgIpc) is 3.35. The zero-order chi connectivity index (χ0) is 22.0. The lowest BCUT2D eigenvalue weighted by atomic mass is 10.1. The molecule has 2 aliphatic carbocycles. The number of ether oxygens (including phenoxy) is 2. The molecule has 1 aromatic carbocycles. The number of carbonyl (C=O) groups is 1. The van der Waals surface area contributed by atoms with Gasteiger partial charge in [0.1, 0.15) is 11.5 Å². The maximum atomic E-state index is 13.6. The topological polar surface area (TPSA) is 76.2 Å². The number of hydrogen-bond acceptors (Lipinski definition) is 6. The van der Waals surface area contributed by atoms with Crippen LogP contribution >= 0.6 is 0 Å². The van der Waals surface area contributed by atoms with E-state index in [1.54, 1.807) is 14.2 Å². The first-order valence-corrected chi connectivity index (χ1v) is 13.2. The molecule has 0 N–H and O–H groups in total. The molecule has 4 rings (SSSR count). The summed E-state index contributed by atoms with van der Waals surface area (Å²) in [5.41, 5.74) is 1.03. The van der Waals surface area contributed by atoms with Crippen molar-refractivity contribution in [3.8, 4) is 11.5 Å². The van der Waals surface area contributed by atoms with Crippen molar-refractivity contribution in [2.45, 2.75) is 69.6 Å². The van der Waals surface area contributed by atoms with Gasteiger partial charge in [0, 0.05) is 36.3 Å². The van der Waals surface area contributed by atoms with E-state index in [4.69, 9.17) is 9.47 Å². The van der Waals surface area contributed by atoms with Crippen molar-refractivity contribution < 1.29 is 22.7 Å². The van der Waals surface area contributed by atoms with E-state index in [1.807, 2.05) is 23.1 Å². The first-order valence-electron chi connectivity index (χ1n) is 11.4. The van der Waals surface area contributed by atoms with E-state index in [9.17, 15) is 13.2 Å². The van der Waals surface area contributed by atoms with E-state index >= 15 is 0 Å². The smallest absolute Gasteiger partial charge is 0.237 e. The van der Waals surface area contributed by atoms with Crippen LogP contribution < -0.4 is 9.47 Å². The van der Waals surface area contributed by atoms with Crippen molar-refractivity contribution in [2.75, 3.05) is 32.3 Å². The highest BCUT2D eigenvalue weighted by Gasteiger charge is 2.40. The lowest BCUT2D eigenvalue weighted by Gasteiger charge is -2.36. The van der Waals surface area contributed by atoms with Crippen molar-refractivity contribution >= 4 is 15.7 Å². The summed E-state index contributed by atoms with van der Waals surface area (Å²) < 4.78 is 35.1. The molecule has 8 heteroatoms. The molecule has 3 fully saturated rings. The van der Waals surface area contributed by atoms with Crippen molar-refractivity contribution in [2.24, 2.45) is 0 Å². The van der Waals surface area contributed by atoms with Crippen LogP contribution in [-0.2, 0) is 21.2 Å². The van der Waals surface area contributed by atoms with Crippen LogP contribution in [0.3, 0.4) is 0 Å². The fourth-order valence-electron chi connectivity index (χ4n) is 5.09. The number of sulfone groups is 1. The Morgan fingerprint density at radius 3 is 2.32 bits per heavy atom. The third-order valence-corrected chi connectivity index (χ3v) is 8.63.